The number of pyridine rings is 1. The fourth-order valence-electron chi connectivity index (χ4n) is 1.68. The monoisotopic (exact) mass is 267 g/mol. The highest BCUT2D eigenvalue weighted by Gasteiger charge is 2.14. The molecule has 1 unspecified atom stereocenters. The topological polar surface area (TPSA) is 66.9 Å². The van der Waals surface area contributed by atoms with Gasteiger partial charge in [0, 0.05) is 19.0 Å². The van der Waals surface area contributed by atoms with Crippen molar-refractivity contribution in [3.8, 4) is 0 Å². The van der Waals surface area contributed by atoms with E-state index in [-0.39, 0.29) is 12.9 Å². The Balaban J connectivity index is 1.55. The van der Waals surface area contributed by atoms with Crippen molar-refractivity contribution in [3.63, 3.8) is 0 Å². The lowest BCUT2D eigenvalue weighted by Gasteiger charge is -2.22. The highest BCUT2D eigenvalue weighted by molar-refractivity contribution is 5.88. The van der Waals surface area contributed by atoms with Gasteiger partial charge in [-0.1, -0.05) is 0 Å². The van der Waals surface area contributed by atoms with Crippen molar-refractivity contribution in [3.05, 3.63) is 30.1 Å². The van der Waals surface area contributed by atoms with Crippen molar-refractivity contribution in [1.29, 1.82) is 0 Å². The smallest absolute Gasteiger partial charge is 0.353 e. The summed E-state index contributed by atoms with van der Waals surface area (Å²) in [5, 5.41) is 0. The Hall–Kier alpha value is -1.50. The molecule has 1 aliphatic heterocycles. The second kappa shape index (κ2) is 7.83. The van der Waals surface area contributed by atoms with E-state index in [1.54, 1.807) is 18.3 Å². The Morgan fingerprint density at radius 3 is 3.11 bits per heavy atom. The van der Waals surface area contributed by atoms with Gasteiger partial charge >= 0.3 is 5.97 Å². The van der Waals surface area contributed by atoms with E-state index in [1.807, 2.05) is 0 Å². The van der Waals surface area contributed by atoms with Gasteiger partial charge in [-0.25, -0.2) is 4.79 Å². The van der Waals surface area contributed by atoms with Crippen LogP contribution in [-0.4, -0.2) is 37.1 Å². The van der Waals surface area contributed by atoms with E-state index >= 15 is 0 Å². The first-order valence-electron chi connectivity index (χ1n) is 6.33. The highest BCUT2D eigenvalue weighted by Crippen LogP contribution is 2.13. The molecule has 1 aromatic rings. The fraction of sp³-hybridized carbons (Fsp3) is 0.538. The molecule has 2 rings (SSSR count). The van der Waals surface area contributed by atoms with Crippen molar-refractivity contribution >= 4 is 5.97 Å². The minimum Gasteiger partial charge on any atom is -0.353 e. The van der Waals surface area contributed by atoms with Crippen LogP contribution < -0.4 is 0 Å². The van der Waals surface area contributed by atoms with Crippen LogP contribution >= 0.6 is 0 Å². The summed E-state index contributed by atoms with van der Waals surface area (Å²) in [5.41, 5.74) is 0.346. The van der Waals surface area contributed by atoms with E-state index in [0.29, 0.717) is 12.2 Å². The van der Waals surface area contributed by atoms with Crippen molar-refractivity contribution in [2.24, 2.45) is 0 Å². The van der Waals surface area contributed by atoms with Crippen LogP contribution in [-0.2, 0) is 19.2 Å². The summed E-state index contributed by atoms with van der Waals surface area (Å²) in [5.74, 6) is -0.568. The summed E-state index contributed by atoms with van der Waals surface area (Å²) in [6, 6.07) is 3.26. The largest absolute Gasteiger partial charge is 0.374 e. The molecule has 104 valence electrons. The molecular weight excluding hydrogens is 250 g/mol. The van der Waals surface area contributed by atoms with Gasteiger partial charge in [0.05, 0.1) is 12.2 Å². The molecule has 0 aromatic carbocycles. The van der Waals surface area contributed by atoms with Crippen molar-refractivity contribution < 1.29 is 24.0 Å². The second-order valence-electron chi connectivity index (χ2n) is 4.10. The third kappa shape index (κ3) is 4.94. The van der Waals surface area contributed by atoms with E-state index in [1.165, 1.54) is 6.20 Å². The Morgan fingerprint density at radius 1 is 1.42 bits per heavy atom. The predicted molar refractivity (Wildman–Crippen MR) is 65.1 cm³/mol. The third-order valence-electron chi connectivity index (χ3n) is 2.64. The van der Waals surface area contributed by atoms with Crippen LogP contribution in [0, 0.1) is 0 Å². The van der Waals surface area contributed by atoms with Crippen LogP contribution in [0.4, 0.5) is 0 Å². The maximum atomic E-state index is 11.5. The molecule has 0 spiro atoms. The number of aromatic nitrogens is 1. The van der Waals surface area contributed by atoms with E-state index in [4.69, 9.17) is 14.4 Å². The molecule has 2 heterocycles. The SMILES string of the molecule is O=C(OOCCOC1CCCCO1)c1cccnc1. The molecule has 1 aliphatic rings. The first-order valence-corrected chi connectivity index (χ1v) is 6.33. The van der Waals surface area contributed by atoms with Gasteiger partial charge < -0.3 is 9.47 Å². The fourth-order valence-corrected chi connectivity index (χ4v) is 1.68. The van der Waals surface area contributed by atoms with Gasteiger partial charge in [-0.15, -0.1) is 0 Å². The van der Waals surface area contributed by atoms with Crippen LogP contribution in [0.2, 0.25) is 0 Å². The molecule has 1 fully saturated rings. The lowest BCUT2D eigenvalue weighted by molar-refractivity contribution is -0.258. The Morgan fingerprint density at radius 2 is 2.37 bits per heavy atom. The zero-order valence-corrected chi connectivity index (χ0v) is 10.6. The van der Waals surface area contributed by atoms with Crippen molar-refractivity contribution in [1.82, 2.24) is 4.98 Å². The Kier molecular flexibility index (Phi) is 5.74. The summed E-state index contributed by atoms with van der Waals surface area (Å²) >= 11 is 0. The Labute approximate surface area is 111 Å². The van der Waals surface area contributed by atoms with Gasteiger partial charge in [0.2, 0.25) is 0 Å². The molecule has 1 aromatic heterocycles. The van der Waals surface area contributed by atoms with Crippen LogP contribution in [0.1, 0.15) is 29.6 Å². The molecule has 19 heavy (non-hydrogen) atoms. The number of rotatable bonds is 6. The van der Waals surface area contributed by atoms with Gasteiger partial charge in [0.15, 0.2) is 6.29 Å². The third-order valence-corrected chi connectivity index (χ3v) is 2.64. The summed E-state index contributed by atoms with van der Waals surface area (Å²) in [7, 11) is 0. The van der Waals surface area contributed by atoms with E-state index < -0.39 is 5.97 Å². The van der Waals surface area contributed by atoms with Gasteiger partial charge in [0.1, 0.15) is 6.61 Å². The lowest BCUT2D eigenvalue weighted by Crippen LogP contribution is -2.24. The normalized spacial score (nSPS) is 19.1. The van der Waals surface area contributed by atoms with Gasteiger partial charge in [-0.05, 0) is 31.4 Å². The zero-order chi connectivity index (χ0) is 13.3. The molecule has 0 radical (unpaired) electrons. The average molecular weight is 267 g/mol. The van der Waals surface area contributed by atoms with Gasteiger partial charge in [-0.2, -0.15) is 4.89 Å². The molecule has 0 saturated carbocycles. The number of hydrogen-bond donors (Lipinski definition) is 0. The van der Waals surface area contributed by atoms with Gasteiger partial charge in [-0.3, -0.25) is 9.87 Å². The predicted octanol–water partition coefficient (Wildman–Crippen LogP) is 1.71. The number of nitrogens with zero attached hydrogens (tertiary/aromatic N) is 1. The van der Waals surface area contributed by atoms with Crippen molar-refractivity contribution in [2.75, 3.05) is 19.8 Å². The van der Waals surface area contributed by atoms with E-state index in [9.17, 15) is 4.79 Å². The minimum absolute atomic E-state index is 0.161. The first kappa shape index (κ1) is 13.9. The zero-order valence-electron chi connectivity index (χ0n) is 10.6. The van der Waals surface area contributed by atoms with Crippen LogP contribution in [0.5, 0.6) is 0 Å². The van der Waals surface area contributed by atoms with E-state index in [2.05, 4.69) is 9.87 Å². The first-order chi connectivity index (χ1) is 9.36. The molecule has 1 atom stereocenters. The van der Waals surface area contributed by atoms with Crippen LogP contribution in [0.15, 0.2) is 24.5 Å². The summed E-state index contributed by atoms with van der Waals surface area (Å²) < 4.78 is 10.8. The minimum atomic E-state index is -0.568. The summed E-state index contributed by atoms with van der Waals surface area (Å²) in [6.07, 6.45) is 5.93. The average Bonchev–Trinajstić information content (AvgIpc) is 2.49. The Bertz CT molecular complexity index is 378. The molecule has 0 aliphatic carbocycles. The number of hydrogen-bond acceptors (Lipinski definition) is 6. The summed E-state index contributed by atoms with van der Waals surface area (Å²) in [4.78, 5) is 24.7. The second-order valence-corrected chi connectivity index (χ2v) is 4.10. The molecule has 6 heteroatoms. The number of carbonyl (C=O) groups is 1. The number of ether oxygens (including phenoxy) is 2. The molecule has 6 nitrogen and oxygen atoms in total. The summed E-state index contributed by atoms with van der Waals surface area (Å²) in [6.45, 7) is 1.23. The molecule has 1 saturated heterocycles. The molecular formula is C13H17NO5. The quantitative estimate of drug-likeness (QED) is 0.444. The van der Waals surface area contributed by atoms with E-state index in [0.717, 1.165) is 25.9 Å². The highest BCUT2D eigenvalue weighted by atomic mass is 17.2. The standard InChI is InChI=1S/C13H17NO5/c15-13(11-4-3-6-14-10-11)19-18-9-8-17-12-5-1-2-7-16-12/h3-4,6,10,12H,1-2,5,7-9H2. The maximum Gasteiger partial charge on any atom is 0.374 e. The molecule has 0 bridgehead atoms. The maximum absolute atomic E-state index is 11.5. The van der Waals surface area contributed by atoms with Crippen molar-refractivity contribution in [2.45, 2.75) is 25.6 Å². The number of carbonyl (C=O) groups excluding carboxylic acids is 1. The van der Waals surface area contributed by atoms with Gasteiger partial charge in [0.25, 0.3) is 0 Å². The van der Waals surface area contributed by atoms with Crippen LogP contribution in [0.3, 0.4) is 0 Å². The molecule has 0 amide bonds. The molecule has 0 N–H and O–H groups in total. The van der Waals surface area contributed by atoms with Crippen LogP contribution in [0.25, 0.3) is 0 Å². The lowest BCUT2D eigenvalue weighted by atomic mass is 10.2.